The lowest BCUT2D eigenvalue weighted by Crippen LogP contribution is -2.48. The van der Waals surface area contributed by atoms with Gasteiger partial charge >= 0.3 is 0 Å². The number of non-ortho nitro benzene ring substituents is 1. The van der Waals surface area contributed by atoms with Gasteiger partial charge in [0.05, 0.1) is 4.92 Å². The molecule has 0 heterocycles. The third-order valence-corrected chi connectivity index (χ3v) is 4.39. The van der Waals surface area contributed by atoms with Crippen LogP contribution in [-0.4, -0.2) is 21.2 Å². The molecule has 104 valence electrons. The molecule has 0 saturated heterocycles. The van der Waals surface area contributed by atoms with Crippen LogP contribution in [0.5, 0.6) is 0 Å². The zero-order valence-corrected chi connectivity index (χ0v) is 13.9. The number of amides is 1. The standard InChI is InChI=1S/C12H14Br2N2O3/c1-7(13)12(2,3)15-11(17)8-4-9(14)6-10(5-8)16(18)19/h4-7H,1-3H3,(H,15,17). The van der Waals surface area contributed by atoms with Gasteiger partial charge in [-0.05, 0) is 19.9 Å². The first-order chi connectivity index (χ1) is 8.63. The second-order valence-corrected chi connectivity index (χ2v) is 7.04. The highest BCUT2D eigenvalue weighted by atomic mass is 79.9. The number of rotatable bonds is 4. The average Bonchev–Trinajstić information content (AvgIpc) is 2.27. The van der Waals surface area contributed by atoms with Gasteiger partial charge in [0, 0.05) is 32.5 Å². The molecule has 5 nitrogen and oxygen atoms in total. The molecular formula is C12H14Br2N2O3. The van der Waals surface area contributed by atoms with E-state index in [4.69, 9.17) is 0 Å². The van der Waals surface area contributed by atoms with Crippen molar-refractivity contribution >= 4 is 43.5 Å². The van der Waals surface area contributed by atoms with Gasteiger partial charge in [0.2, 0.25) is 0 Å². The summed E-state index contributed by atoms with van der Waals surface area (Å²) in [5.74, 6) is -0.347. The molecule has 1 aromatic rings. The van der Waals surface area contributed by atoms with Crippen LogP contribution < -0.4 is 5.32 Å². The summed E-state index contributed by atoms with van der Waals surface area (Å²) in [5.41, 5.74) is -0.333. The Labute approximate surface area is 128 Å². The van der Waals surface area contributed by atoms with Crippen molar-refractivity contribution < 1.29 is 9.72 Å². The minimum absolute atomic E-state index is 0.0612. The number of nitrogens with zero attached hydrogens (tertiary/aromatic N) is 1. The van der Waals surface area contributed by atoms with Gasteiger partial charge in [-0.25, -0.2) is 0 Å². The lowest BCUT2D eigenvalue weighted by atomic mass is 10.0. The molecule has 0 aliphatic carbocycles. The molecule has 1 amide bonds. The number of nitro benzene ring substituents is 1. The summed E-state index contributed by atoms with van der Waals surface area (Å²) in [6, 6.07) is 4.17. The minimum Gasteiger partial charge on any atom is -0.346 e. The van der Waals surface area contributed by atoms with E-state index in [-0.39, 0.29) is 22.0 Å². The van der Waals surface area contributed by atoms with E-state index in [1.807, 2.05) is 20.8 Å². The number of alkyl halides is 1. The maximum Gasteiger partial charge on any atom is 0.271 e. The molecule has 1 rings (SSSR count). The van der Waals surface area contributed by atoms with Gasteiger partial charge in [0.15, 0.2) is 0 Å². The van der Waals surface area contributed by atoms with Crippen molar-refractivity contribution in [2.45, 2.75) is 31.1 Å². The molecule has 0 aliphatic rings. The smallest absolute Gasteiger partial charge is 0.271 e. The largest absolute Gasteiger partial charge is 0.346 e. The zero-order chi connectivity index (χ0) is 14.8. The Balaban J connectivity index is 3.04. The van der Waals surface area contributed by atoms with Crippen molar-refractivity contribution in [1.29, 1.82) is 0 Å². The highest BCUT2D eigenvalue weighted by Gasteiger charge is 2.26. The van der Waals surface area contributed by atoms with Gasteiger partial charge in [-0.2, -0.15) is 0 Å². The number of nitrogens with one attached hydrogen (secondary N) is 1. The Bertz CT molecular complexity index is 516. The van der Waals surface area contributed by atoms with Crippen molar-refractivity contribution in [3.05, 3.63) is 38.3 Å². The molecular weight excluding hydrogens is 380 g/mol. The molecule has 0 aliphatic heterocycles. The van der Waals surface area contributed by atoms with E-state index < -0.39 is 10.5 Å². The number of halogens is 2. The molecule has 0 bridgehead atoms. The van der Waals surface area contributed by atoms with E-state index in [9.17, 15) is 14.9 Å². The SMILES string of the molecule is CC(Br)C(C)(C)NC(=O)c1cc(Br)cc([N+](=O)[O-])c1. The topological polar surface area (TPSA) is 72.2 Å². The molecule has 0 saturated carbocycles. The van der Waals surface area contributed by atoms with Crippen LogP contribution in [0.15, 0.2) is 22.7 Å². The zero-order valence-electron chi connectivity index (χ0n) is 10.7. The number of carbonyl (C=O) groups excluding carboxylic acids is 1. The van der Waals surface area contributed by atoms with Crippen LogP contribution >= 0.6 is 31.9 Å². The summed E-state index contributed by atoms with van der Waals surface area (Å²) >= 11 is 6.58. The molecule has 1 aromatic carbocycles. The number of nitro groups is 1. The monoisotopic (exact) mass is 392 g/mol. The lowest BCUT2D eigenvalue weighted by Gasteiger charge is -2.29. The van der Waals surface area contributed by atoms with E-state index in [1.165, 1.54) is 12.1 Å². The maximum absolute atomic E-state index is 12.1. The van der Waals surface area contributed by atoms with Gasteiger partial charge in [-0.1, -0.05) is 38.8 Å². The van der Waals surface area contributed by atoms with Crippen molar-refractivity contribution in [2.75, 3.05) is 0 Å². The number of benzene rings is 1. The molecule has 1 unspecified atom stereocenters. The predicted molar refractivity (Wildman–Crippen MR) is 80.7 cm³/mol. The van der Waals surface area contributed by atoms with Gasteiger partial charge in [-0.3, -0.25) is 14.9 Å². The van der Waals surface area contributed by atoms with E-state index in [0.717, 1.165) is 0 Å². The first-order valence-electron chi connectivity index (χ1n) is 5.55. The lowest BCUT2D eigenvalue weighted by molar-refractivity contribution is -0.385. The Morgan fingerprint density at radius 2 is 2.00 bits per heavy atom. The van der Waals surface area contributed by atoms with Crippen molar-refractivity contribution in [3.63, 3.8) is 0 Å². The minimum atomic E-state index is -0.528. The summed E-state index contributed by atoms with van der Waals surface area (Å²) in [5, 5.41) is 13.6. The highest BCUT2D eigenvalue weighted by molar-refractivity contribution is 9.10. The van der Waals surface area contributed by atoms with Crippen LogP contribution in [-0.2, 0) is 0 Å². The first kappa shape index (κ1) is 16.1. The second-order valence-electron chi connectivity index (χ2n) is 4.75. The molecule has 0 aromatic heterocycles. The third-order valence-electron chi connectivity index (χ3n) is 2.79. The fourth-order valence-corrected chi connectivity index (χ4v) is 1.87. The fraction of sp³-hybridized carbons (Fsp3) is 0.417. The summed E-state index contributed by atoms with van der Waals surface area (Å²) in [4.78, 5) is 22.4. The molecule has 1 N–H and O–H groups in total. The van der Waals surface area contributed by atoms with Crippen molar-refractivity contribution in [3.8, 4) is 0 Å². The van der Waals surface area contributed by atoms with Crippen LogP contribution in [0.1, 0.15) is 31.1 Å². The Hall–Kier alpha value is -0.950. The average molecular weight is 394 g/mol. The van der Waals surface area contributed by atoms with Gasteiger partial charge in [0.1, 0.15) is 0 Å². The third kappa shape index (κ3) is 4.28. The summed E-state index contributed by atoms with van der Waals surface area (Å²) < 4.78 is 0.497. The predicted octanol–water partition coefficient (Wildman–Crippen LogP) is 3.65. The quantitative estimate of drug-likeness (QED) is 0.482. The van der Waals surface area contributed by atoms with E-state index in [0.29, 0.717) is 4.47 Å². The van der Waals surface area contributed by atoms with Crippen LogP contribution in [0.4, 0.5) is 5.69 Å². The highest BCUT2D eigenvalue weighted by Crippen LogP contribution is 2.23. The Kier molecular flexibility index (Phi) is 5.09. The molecule has 1 atom stereocenters. The maximum atomic E-state index is 12.1. The van der Waals surface area contributed by atoms with E-state index in [1.54, 1.807) is 6.07 Å². The summed E-state index contributed by atoms with van der Waals surface area (Å²) in [6.07, 6.45) is 0. The van der Waals surface area contributed by atoms with Gasteiger partial charge in [-0.15, -0.1) is 0 Å². The van der Waals surface area contributed by atoms with Crippen molar-refractivity contribution in [1.82, 2.24) is 5.32 Å². The van der Waals surface area contributed by atoms with Crippen LogP contribution in [0, 0.1) is 10.1 Å². The molecule has 0 fully saturated rings. The van der Waals surface area contributed by atoms with Gasteiger partial charge < -0.3 is 5.32 Å². The number of hydrogen-bond acceptors (Lipinski definition) is 3. The molecule has 0 spiro atoms. The number of hydrogen-bond donors (Lipinski definition) is 1. The first-order valence-corrected chi connectivity index (χ1v) is 7.26. The van der Waals surface area contributed by atoms with Crippen LogP contribution in [0.3, 0.4) is 0 Å². The summed E-state index contributed by atoms with van der Waals surface area (Å²) in [7, 11) is 0. The molecule has 19 heavy (non-hydrogen) atoms. The Morgan fingerprint density at radius 3 is 2.47 bits per heavy atom. The fourth-order valence-electron chi connectivity index (χ4n) is 1.27. The Morgan fingerprint density at radius 1 is 1.42 bits per heavy atom. The van der Waals surface area contributed by atoms with Crippen LogP contribution in [0.25, 0.3) is 0 Å². The van der Waals surface area contributed by atoms with Gasteiger partial charge in [0.25, 0.3) is 11.6 Å². The van der Waals surface area contributed by atoms with Crippen LogP contribution in [0.2, 0.25) is 0 Å². The molecule has 7 heteroatoms. The van der Waals surface area contributed by atoms with E-state index in [2.05, 4.69) is 37.2 Å². The number of carbonyl (C=O) groups is 1. The summed E-state index contributed by atoms with van der Waals surface area (Å²) in [6.45, 7) is 5.66. The second kappa shape index (κ2) is 6.00. The van der Waals surface area contributed by atoms with Crippen molar-refractivity contribution in [2.24, 2.45) is 0 Å². The molecule has 0 radical (unpaired) electrons. The normalized spacial score (nSPS) is 12.9. The van der Waals surface area contributed by atoms with E-state index >= 15 is 0 Å².